The van der Waals surface area contributed by atoms with Gasteiger partial charge in [0, 0.05) is 24.3 Å². The lowest BCUT2D eigenvalue weighted by molar-refractivity contribution is -0.127. The number of aryl methyl sites for hydroxylation is 1. The molecule has 0 fully saturated rings. The molecule has 2 rings (SSSR count). The molecule has 116 valence electrons. The SMILES string of the molecule is C[C@H](Oc1cc(Cl)ccc1Cl)C(=O)NN=Cc1ccnn1C. The Balaban J connectivity index is 1.93. The summed E-state index contributed by atoms with van der Waals surface area (Å²) in [7, 11) is 1.77. The predicted molar refractivity (Wildman–Crippen MR) is 85.5 cm³/mol. The molecule has 0 spiro atoms. The van der Waals surface area contributed by atoms with Crippen LogP contribution < -0.4 is 10.2 Å². The van der Waals surface area contributed by atoms with E-state index in [1.54, 1.807) is 49.1 Å². The minimum absolute atomic E-state index is 0.340. The lowest BCUT2D eigenvalue weighted by Crippen LogP contribution is -2.33. The molecule has 0 unspecified atom stereocenters. The van der Waals surface area contributed by atoms with Crippen LogP contribution in [0, 0.1) is 0 Å². The highest BCUT2D eigenvalue weighted by atomic mass is 35.5. The molecule has 0 saturated heterocycles. The summed E-state index contributed by atoms with van der Waals surface area (Å²) >= 11 is 11.8. The Hall–Kier alpha value is -2.05. The van der Waals surface area contributed by atoms with Crippen LogP contribution in [0.3, 0.4) is 0 Å². The van der Waals surface area contributed by atoms with Crippen molar-refractivity contribution < 1.29 is 9.53 Å². The average Bonchev–Trinajstić information content (AvgIpc) is 2.88. The van der Waals surface area contributed by atoms with Gasteiger partial charge in [0.2, 0.25) is 0 Å². The van der Waals surface area contributed by atoms with Crippen LogP contribution in [0.1, 0.15) is 12.6 Å². The molecule has 0 radical (unpaired) electrons. The topological polar surface area (TPSA) is 68.5 Å². The summed E-state index contributed by atoms with van der Waals surface area (Å²) in [6.07, 6.45) is 2.35. The van der Waals surface area contributed by atoms with Gasteiger partial charge in [0.25, 0.3) is 5.91 Å². The van der Waals surface area contributed by atoms with Crippen molar-refractivity contribution in [2.75, 3.05) is 0 Å². The van der Waals surface area contributed by atoms with Crippen molar-refractivity contribution in [1.82, 2.24) is 15.2 Å². The summed E-state index contributed by atoms with van der Waals surface area (Å²) in [6.45, 7) is 1.59. The minimum Gasteiger partial charge on any atom is -0.479 e. The number of ether oxygens (including phenoxy) is 1. The highest BCUT2D eigenvalue weighted by molar-refractivity contribution is 6.34. The van der Waals surface area contributed by atoms with Crippen molar-refractivity contribution in [1.29, 1.82) is 0 Å². The Kier molecular flexibility index (Phi) is 5.41. The first-order chi connectivity index (χ1) is 10.5. The molecular formula is C14H14Cl2N4O2. The third-order valence-electron chi connectivity index (χ3n) is 2.80. The lowest BCUT2D eigenvalue weighted by atomic mass is 10.3. The van der Waals surface area contributed by atoms with Gasteiger partial charge in [0.05, 0.1) is 16.9 Å². The maximum atomic E-state index is 11.9. The van der Waals surface area contributed by atoms with Gasteiger partial charge in [0.15, 0.2) is 6.10 Å². The van der Waals surface area contributed by atoms with Crippen LogP contribution in [0.2, 0.25) is 10.0 Å². The van der Waals surface area contributed by atoms with Crippen molar-refractivity contribution >= 4 is 35.3 Å². The highest BCUT2D eigenvalue weighted by Gasteiger charge is 2.15. The maximum absolute atomic E-state index is 11.9. The van der Waals surface area contributed by atoms with E-state index in [-0.39, 0.29) is 0 Å². The van der Waals surface area contributed by atoms with Crippen LogP contribution in [0.15, 0.2) is 35.6 Å². The second-order valence-electron chi connectivity index (χ2n) is 4.45. The van der Waals surface area contributed by atoms with E-state index < -0.39 is 12.0 Å². The largest absolute Gasteiger partial charge is 0.479 e. The predicted octanol–water partition coefficient (Wildman–Crippen LogP) is 2.64. The molecule has 6 nitrogen and oxygen atoms in total. The van der Waals surface area contributed by atoms with Gasteiger partial charge in [-0.15, -0.1) is 0 Å². The molecule has 1 heterocycles. The molecule has 0 aliphatic heterocycles. The number of rotatable bonds is 5. The van der Waals surface area contributed by atoms with Gasteiger partial charge in [-0.05, 0) is 25.1 Å². The highest BCUT2D eigenvalue weighted by Crippen LogP contribution is 2.28. The van der Waals surface area contributed by atoms with E-state index in [4.69, 9.17) is 27.9 Å². The fourth-order valence-electron chi connectivity index (χ4n) is 1.58. The Morgan fingerprint density at radius 3 is 2.91 bits per heavy atom. The van der Waals surface area contributed by atoms with Crippen LogP contribution >= 0.6 is 23.2 Å². The summed E-state index contributed by atoms with van der Waals surface area (Å²) in [4.78, 5) is 11.9. The minimum atomic E-state index is -0.778. The fraction of sp³-hybridized carbons (Fsp3) is 0.214. The molecule has 0 saturated carbocycles. The third kappa shape index (κ3) is 4.22. The number of hydrogen-bond donors (Lipinski definition) is 1. The zero-order valence-electron chi connectivity index (χ0n) is 12.0. The van der Waals surface area contributed by atoms with Gasteiger partial charge in [-0.1, -0.05) is 23.2 Å². The number of aromatic nitrogens is 2. The molecule has 22 heavy (non-hydrogen) atoms. The van der Waals surface area contributed by atoms with E-state index >= 15 is 0 Å². The number of carbonyl (C=O) groups is 1. The molecule has 0 aliphatic carbocycles. The average molecular weight is 341 g/mol. The molecule has 1 amide bonds. The molecule has 1 aromatic carbocycles. The van der Waals surface area contributed by atoms with Crippen molar-refractivity contribution in [3.63, 3.8) is 0 Å². The van der Waals surface area contributed by atoms with Gasteiger partial charge in [-0.3, -0.25) is 9.48 Å². The fourth-order valence-corrected chi connectivity index (χ4v) is 1.90. The van der Waals surface area contributed by atoms with Crippen molar-refractivity contribution in [2.24, 2.45) is 12.1 Å². The van der Waals surface area contributed by atoms with Crippen LogP contribution in [0.4, 0.5) is 0 Å². The molecule has 0 aliphatic rings. The second-order valence-corrected chi connectivity index (χ2v) is 5.29. The van der Waals surface area contributed by atoms with Crippen molar-refractivity contribution in [2.45, 2.75) is 13.0 Å². The summed E-state index contributed by atoms with van der Waals surface area (Å²) in [5.41, 5.74) is 3.15. The van der Waals surface area contributed by atoms with Gasteiger partial charge in [0.1, 0.15) is 5.75 Å². The van der Waals surface area contributed by atoms with Gasteiger partial charge in [-0.25, -0.2) is 5.43 Å². The molecule has 2 aromatic rings. The number of nitrogens with one attached hydrogen (secondary N) is 1. The summed E-state index contributed by atoms with van der Waals surface area (Å²) in [6, 6.07) is 6.55. The number of hydrogen-bond acceptors (Lipinski definition) is 4. The van der Waals surface area contributed by atoms with E-state index in [1.165, 1.54) is 6.21 Å². The number of benzene rings is 1. The Morgan fingerprint density at radius 2 is 2.23 bits per heavy atom. The van der Waals surface area contributed by atoms with Gasteiger partial charge < -0.3 is 4.74 Å². The summed E-state index contributed by atoms with van der Waals surface area (Å²) in [5.74, 6) is -0.0677. The normalized spacial score (nSPS) is 12.4. The molecule has 8 heteroatoms. The molecule has 1 aromatic heterocycles. The number of carbonyl (C=O) groups excluding carboxylic acids is 1. The van der Waals surface area contributed by atoms with Gasteiger partial charge in [-0.2, -0.15) is 10.2 Å². The van der Waals surface area contributed by atoms with Crippen LogP contribution in [-0.2, 0) is 11.8 Å². The smallest absolute Gasteiger partial charge is 0.280 e. The molecule has 1 N–H and O–H groups in total. The quantitative estimate of drug-likeness (QED) is 0.671. The van der Waals surface area contributed by atoms with E-state index in [2.05, 4.69) is 15.6 Å². The molecule has 0 bridgehead atoms. The zero-order chi connectivity index (χ0) is 16.1. The Labute approximate surface area is 137 Å². The van der Waals surface area contributed by atoms with Crippen molar-refractivity contribution in [3.05, 3.63) is 46.2 Å². The maximum Gasteiger partial charge on any atom is 0.280 e. The molecular weight excluding hydrogens is 327 g/mol. The molecule has 1 atom stereocenters. The standard InChI is InChI=1S/C14H14Cl2N4O2/c1-9(22-13-7-10(15)3-4-12(13)16)14(21)19-17-8-11-5-6-18-20(11)2/h3-9H,1-2H3,(H,19,21)/t9-/m0/s1. The Bertz CT molecular complexity index is 700. The first-order valence-electron chi connectivity index (χ1n) is 6.40. The van der Waals surface area contributed by atoms with Crippen molar-refractivity contribution in [3.8, 4) is 5.75 Å². The van der Waals surface area contributed by atoms with Gasteiger partial charge >= 0.3 is 0 Å². The second kappa shape index (κ2) is 7.29. The number of halogens is 2. The van der Waals surface area contributed by atoms with E-state index in [0.29, 0.717) is 15.8 Å². The summed E-state index contributed by atoms with van der Waals surface area (Å²) < 4.78 is 7.11. The number of nitrogens with zero attached hydrogens (tertiary/aromatic N) is 3. The first kappa shape index (κ1) is 16.3. The third-order valence-corrected chi connectivity index (χ3v) is 3.34. The van der Waals surface area contributed by atoms with Crippen LogP contribution in [-0.4, -0.2) is 28.0 Å². The number of amides is 1. The first-order valence-corrected chi connectivity index (χ1v) is 7.15. The zero-order valence-corrected chi connectivity index (χ0v) is 13.5. The Morgan fingerprint density at radius 1 is 1.45 bits per heavy atom. The van der Waals surface area contributed by atoms with Crippen LogP contribution in [0.5, 0.6) is 5.75 Å². The lowest BCUT2D eigenvalue weighted by Gasteiger charge is -2.14. The number of hydrazone groups is 1. The van der Waals surface area contributed by atoms with Crippen LogP contribution in [0.25, 0.3) is 0 Å². The van der Waals surface area contributed by atoms with E-state index in [9.17, 15) is 4.79 Å². The summed E-state index contributed by atoms with van der Waals surface area (Å²) in [5, 5.41) is 8.69. The van der Waals surface area contributed by atoms with E-state index in [1.807, 2.05) is 0 Å². The van der Waals surface area contributed by atoms with E-state index in [0.717, 1.165) is 5.69 Å². The monoisotopic (exact) mass is 340 g/mol.